The molecule has 0 bridgehead atoms. The van der Waals surface area contributed by atoms with Gasteiger partial charge in [0.15, 0.2) is 11.5 Å². The van der Waals surface area contributed by atoms with Crippen molar-refractivity contribution in [3.05, 3.63) is 48.0 Å². The number of aryl methyl sites for hydroxylation is 1. The number of benzene rings is 2. The summed E-state index contributed by atoms with van der Waals surface area (Å²) in [7, 11) is -3.63. The second kappa shape index (κ2) is 7.98. The SMILES string of the molecule is CC(=O)N(CCNS(=O)(=O)c1ccc(C)cc1)c1ccc2c(c1)OCCO2. The van der Waals surface area contributed by atoms with Crippen LogP contribution >= 0.6 is 0 Å². The van der Waals surface area contributed by atoms with E-state index in [0.717, 1.165) is 5.56 Å². The summed E-state index contributed by atoms with van der Waals surface area (Å²) in [5.41, 5.74) is 1.61. The number of rotatable bonds is 6. The minimum Gasteiger partial charge on any atom is -0.486 e. The van der Waals surface area contributed by atoms with E-state index >= 15 is 0 Å². The summed E-state index contributed by atoms with van der Waals surface area (Å²) in [6, 6.07) is 11.8. The Hall–Kier alpha value is -2.58. The van der Waals surface area contributed by atoms with Crippen LogP contribution in [0.1, 0.15) is 12.5 Å². The molecule has 7 nitrogen and oxygen atoms in total. The Balaban J connectivity index is 1.68. The van der Waals surface area contributed by atoms with Gasteiger partial charge >= 0.3 is 0 Å². The van der Waals surface area contributed by atoms with Gasteiger partial charge in [0.05, 0.1) is 4.90 Å². The Bertz CT molecular complexity index is 926. The number of nitrogens with zero attached hydrogens (tertiary/aromatic N) is 1. The molecule has 0 saturated heterocycles. The molecule has 3 rings (SSSR count). The van der Waals surface area contributed by atoms with E-state index in [2.05, 4.69) is 4.72 Å². The van der Waals surface area contributed by atoms with Gasteiger partial charge in [-0.05, 0) is 31.2 Å². The number of hydrogen-bond acceptors (Lipinski definition) is 5. The highest BCUT2D eigenvalue weighted by Gasteiger charge is 2.19. The highest BCUT2D eigenvalue weighted by Crippen LogP contribution is 2.34. The molecule has 2 aromatic carbocycles. The van der Waals surface area contributed by atoms with Gasteiger partial charge in [-0.25, -0.2) is 13.1 Å². The molecule has 0 spiro atoms. The van der Waals surface area contributed by atoms with Crippen LogP contribution in [0.2, 0.25) is 0 Å². The molecule has 8 heteroatoms. The van der Waals surface area contributed by atoms with Crippen molar-refractivity contribution in [1.29, 1.82) is 0 Å². The van der Waals surface area contributed by atoms with E-state index in [9.17, 15) is 13.2 Å². The first-order chi connectivity index (χ1) is 12.9. The topological polar surface area (TPSA) is 84.9 Å². The first-order valence-corrected chi connectivity index (χ1v) is 10.1. The fourth-order valence-corrected chi connectivity index (χ4v) is 3.78. The third-order valence-electron chi connectivity index (χ3n) is 4.18. The molecule has 2 aromatic rings. The van der Waals surface area contributed by atoms with Crippen LogP contribution in [0.3, 0.4) is 0 Å². The van der Waals surface area contributed by atoms with E-state index in [1.165, 1.54) is 11.8 Å². The summed E-state index contributed by atoms with van der Waals surface area (Å²) < 4.78 is 38.3. The molecule has 1 heterocycles. The molecule has 1 aliphatic rings. The molecule has 1 N–H and O–H groups in total. The van der Waals surface area contributed by atoms with Gasteiger partial charge in [0, 0.05) is 31.8 Å². The maximum atomic E-state index is 12.4. The Morgan fingerprint density at radius 2 is 1.74 bits per heavy atom. The van der Waals surface area contributed by atoms with E-state index < -0.39 is 10.0 Å². The minimum atomic E-state index is -3.63. The highest BCUT2D eigenvalue weighted by molar-refractivity contribution is 7.89. The molecule has 0 aliphatic carbocycles. The third kappa shape index (κ3) is 4.58. The van der Waals surface area contributed by atoms with Gasteiger partial charge in [-0.1, -0.05) is 17.7 Å². The number of carbonyl (C=O) groups excluding carboxylic acids is 1. The number of fused-ring (bicyclic) bond motifs is 1. The van der Waals surface area contributed by atoms with Gasteiger partial charge in [-0.15, -0.1) is 0 Å². The standard InChI is InChI=1S/C19H22N2O5S/c1-14-3-6-17(7-4-14)27(23,24)20-9-10-21(15(2)22)16-5-8-18-19(13-16)26-12-11-25-18/h3-8,13,20H,9-12H2,1-2H3. The molecule has 0 unspecified atom stereocenters. The lowest BCUT2D eigenvalue weighted by Gasteiger charge is -2.24. The van der Waals surface area contributed by atoms with Crippen molar-refractivity contribution < 1.29 is 22.7 Å². The quantitative estimate of drug-likeness (QED) is 0.816. The Morgan fingerprint density at radius 3 is 2.41 bits per heavy atom. The maximum Gasteiger partial charge on any atom is 0.240 e. The summed E-state index contributed by atoms with van der Waals surface area (Å²) in [6.07, 6.45) is 0. The van der Waals surface area contributed by atoms with Gasteiger partial charge in [0.1, 0.15) is 13.2 Å². The molecule has 1 aliphatic heterocycles. The summed E-state index contributed by atoms with van der Waals surface area (Å²) in [5.74, 6) is 1.01. The van der Waals surface area contributed by atoms with Crippen LogP contribution in [0.5, 0.6) is 11.5 Å². The molecule has 0 radical (unpaired) electrons. The van der Waals surface area contributed by atoms with Crippen LogP contribution in [-0.4, -0.2) is 40.6 Å². The zero-order valence-corrected chi connectivity index (χ0v) is 16.1. The predicted octanol–water partition coefficient (Wildman–Crippen LogP) is 2.10. The van der Waals surface area contributed by atoms with Crippen molar-refractivity contribution in [2.45, 2.75) is 18.7 Å². The molecule has 27 heavy (non-hydrogen) atoms. The first kappa shape index (κ1) is 19.2. The Kier molecular flexibility index (Phi) is 5.67. The molecule has 0 fully saturated rings. The van der Waals surface area contributed by atoms with Gasteiger partial charge in [-0.3, -0.25) is 4.79 Å². The second-order valence-corrected chi connectivity index (χ2v) is 7.98. The van der Waals surface area contributed by atoms with Crippen LogP contribution in [0, 0.1) is 6.92 Å². The average molecular weight is 390 g/mol. The molecule has 0 saturated carbocycles. The van der Waals surface area contributed by atoms with Crippen molar-refractivity contribution >= 4 is 21.6 Å². The fraction of sp³-hybridized carbons (Fsp3) is 0.316. The van der Waals surface area contributed by atoms with Crippen LogP contribution in [0.15, 0.2) is 47.4 Å². The van der Waals surface area contributed by atoms with E-state index in [4.69, 9.17) is 9.47 Å². The number of anilines is 1. The summed E-state index contributed by atoms with van der Waals surface area (Å²) in [6.45, 7) is 4.55. The monoisotopic (exact) mass is 390 g/mol. The highest BCUT2D eigenvalue weighted by atomic mass is 32.2. The Labute approximate surface area is 158 Å². The van der Waals surface area contributed by atoms with Crippen LogP contribution in [-0.2, 0) is 14.8 Å². The number of nitrogens with one attached hydrogen (secondary N) is 1. The normalized spacial score (nSPS) is 13.3. The van der Waals surface area contributed by atoms with Crippen molar-refractivity contribution in [2.75, 3.05) is 31.2 Å². The number of carbonyl (C=O) groups is 1. The third-order valence-corrected chi connectivity index (χ3v) is 5.65. The van der Waals surface area contributed by atoms with E-state index in [1.54, 1.807) is 42.5 Å². The van der Waals surface area contributed by atoms with E-state index in [1.807, 2.05) is 6.92 Å². The average Bonchev–Trinajstić information content (AvgIpc) is 2.65. The van der Waals surface area contributed by atoms with Crippen molar-refractivity contribution in [1.82, 2.24) is 4.72 Å². The number of hydrogen-bond donors (Lipinski definition) is 1. The van der Waals surface area contributed by atoms with Gasteiger partial charge in [0.25, 0.3) is 0 Å². The van der Waals surface area contributed by atoms with E-state index in [-0.39, 0.29) is 23.9 Å². The van der Waals surface area contributed by atoms with E-state index in [0.29, 0.717) is 30.4 Å². The van der Waals surface area contributed by atoms with Crippen molar-refractivity contribution in [3.63, 3.8) is 0 Å². The van der Waals surface area contributed by atoms with Crippen LogP contribution in [0.25, 0.3) is 0 Å². The zero-order valence-electron chi connectivity index (χ0n) is 15.3. The van der Waals surface area contributed by atoms with Gasteiger partial charge < -0.3 is 14.4 Å². The first-order valence-electron chi connectivity index (χ1n) is 8.61. The number of sulfonamides is 1. The zero-order chi connectivity index (χ0) is 19.4. The number of ether oxygens (including phenoxy) is 2. The van der Waals surface area contributed by atoms with Crippen molar-refractivity contribution in [2.24, 2.45) is 0 Å². The molecule has 0 aromatic heterocycles. The Morgan fingerprint density at radius 1 is 1.07 bits per heavy atom. The summed E-state index contributed by atoms with van der Waals surface area (Å²) in [5, 5.41) is 0. The lowest BCUT2D eigenvalue weighted by molar-refractivity contribution is -0.116. The fourth-order valence-electron chi connectivity index (χ4n) is 2.76. The largest absolute Gasteiger partial charge is 0.486 e. The van der Waals surface area contributed by atoms with Crippen molar-refractivity contribution in [3.8, 4) is 11.5 Å². The molecule has 144 valence electrons. The van der Waals surface area contributed by atoms with Crippen LogP contribution < -0.4 is 19.1 Å². The lowest BCUT2D eigenvalue weighted by atomic mass is 10.2. The second-order valence-electron chi connectivity index (χ2n) is 6.21. The lowest BCUT2D eigenvalue weighted by Crippen LogP contribution is -2.37. The smallest absolute Gasteiger partial charge is 0.240 e. The summed E-state index contributed by atoms with van der Waals surface area (Å²) in [4.78, 5) is 13.7. The van der Waals surface area contributed by atoms with Gasteiger partial charge in [0.2, 0.25) is 15.9 Å². The molecule has 1 amide bonds. The summed E-state index contributed by atoms with van der Waals surface area (Å²) >= 11 is 0. The molecular weight excluding hydrogens is 368 g/mol. The predicted molar refractivity (Wildman–Crippen MR) is 102 cm³/mol. The number of amides is 1. The minimum absolute atomic E-state index is 0.0875. The maximum absolute atomic E-state index is 12.4. The van der Waals surface area contributed by atoms with Crippen LogP contribution in [0.4, 0.5) is 5.69 Å². The molecule has 0 atom stereocenters. The molecular formula is C19H22N2O5S. The van der Waals surface area contributed by atoms with Gasteiger partial charge in [-0.2, -0.15) is 0 Å².